The number of benzene rings is 1. The summed E-state index contributed by atoms with van der Waals surface area (Å²) in [5, 5.41) is 0. The molecule has 5 heteroatoms. The number of likely N-dealkylation sites (tertiary alicyclic amines) is 1. The van der Waals surface area contributed by atoms with Gasteiger partial charge >= 0.3 is 0 Å². The van der Waals surface area contributed by atoms with Crippen LogP contribution in [0, 0.1) is 5.92 Å². The average Bonchev–Trinajstić information content (AvgIpc) is 2.58. The Labute approximate surface area is 144 Å². The lowest BCUT2D eigenvalue weighted by atomic mass is 9.99. The zero-order valence-corrected chi connectivity index (χ0v) is 15.0. The highest BCUT2D eigenvalue weighted by molar-refractivity contribution is 5.83. The zero-order valence-electron chi connectivity index (χ0n) is 15.0. The number of hydrogen-bond donors (Lipinski definition) is 0. The average molecular weight is 332 g/mol. The molecule has 5 nitrogen and oxygen atoms in total. The summed E-state index contributed by atoms with van der Waals surface area (Å²) in [4.78, 5) is 27.9. The van der Waals surface area contributed by atoms with E-state index >= 15 is 0 Å². The molecule has 1 aliphatic rings. The van der Waals surface area contributed by atoms with E-state index in [9.17, 15) is 9.59 Å². The van der Waals surface area contributed by atoms with Crippen LogP contribution >= 0.6 is 0 Å². The van der Waals surface area contributed by atoms with E-state index in [0.717, 1.165) is 37.2 Å². The normalized spacial score (nSPS) is 15.2. The van der Waals surface area contributed by atoms with E-state index in [4.69, 9.17) is 4.74 Å². The van der Waals surface area contributed by atoms with Crippen LogP contribution in [0.3, 0.4) is 0 Å². The third-order valence-electron chi connectivity index (χ3n) is 4.71. The molecule has 1 aromatic carbocycles. The molecule has 1 aliphatic heterocycles. The molecule has 1 saturated heterocycles. The van der Waals surface area contributed by atoms with Crippen molar-refractivity contribution in [2.24, 2.45) is 5.92 Å². The number of methoxy groups -OCH3 is 1. The summed E-state index contributed by atoms with van der Waals surface area (Å²) < 4.78 is 5.22. The standard InChI is InChI=1S/C19H28N2O3/c1-15-7-10-20(11-8-15)19(23)14-21(16(2)22)12-9-17-5-4-6-18(13-17)24-3/h4-6,13,15H,7-12,14H2,1-3H3. The van der Waals surface area contributed by atoms with Crippen LogP contribution in [0.15, 0.2) is 24.3 Å². The molecule has 132 valence electrons. The molecule has 0 aromatic heterocycles. The van der Waals surface area contributed by atoms with Crippen LogP contribution in [-0.4, -0.2) is 54.9 Å². The lowest BCUT2D eigenvalue weighted by Gasteiger charge is -2.32. The van der Waals surface area contributed by atoms with Crippen molar-refractivity contribution in [2.45, 2.75) is 33.1 Å². The van der Waals surface area contributed by atoms with E-state index in [-0.39, 0.29) is 18.4 Å². The summed E-state index contributed by atoms with van der Waals surface area (Å²) in [6.07, 6.45) is 2.81. The van der Waals surface area contributed by atoms with E-state index in [0.29, 0.717) is 18.9 Å². The maximum atomic E-state index is 12.4. The lowest BCUT2D eigenvalue weighted by molar-refractivity contribution is -0.140. The first-order valence-electron chi connectivity index (χ1n) is 8.66. The molecule has 1 fully saturated rings. The molecule has 0 saturated carbocycles. The topological polar surface area (TPSA) is 49.9 Å². The van der Waals surface area contributed by atoms with Gasteiger partial charge in [-0.3, -0.25) is 9.59 Å². The van der Waals surface area contributed by atoms with Gasteiger partial charge < -0.3 is 14.5 Å². The van der Waals surface area contributed by atoms with Gasteiger partial charge in [-0.1, -0.05) is 19.1 Å². The molecule has 0 unspecified atom stereocenters. The number of carbonyl (C=O) groups is 2. The Morgan fingerprint density at radius 3 is 2.62 bits per heavy atom. The van der Waals surface area contributed by atoms with Crippen LogP contribution in [0.5, 0.6) is 5.75 Å². The molecule has 2 amide bonds. The molecule has 1 heterocycles. The summed E-state index contributed by atoms with van der Waals surface area (Å²) in [6.45, 7) is 6.07. The summed E-state index contributed by atoms with van der Waals surface area (Å²) in [6, 6.07) is 7.81. The Morgan fingerprint density at radius 1 is 1.29 bits per heavy atom. The van der Waals surface area contributed by atoms with Gasteiger partial charge in [0, 0.05) is 26.6 Å². The summed E-state index contributed by atoms with van der Waals surface area (Å²) >= 11 is 0. The predicted molar refractivity (Wildman–Crippen MR) is 93.9 cm³/mol. The van der Waals surface area contributed by atoms with Crippen molar-refractivity contribution in [3.8, 4) is 5.75 Å². The van der Waals surface area contributed by atoms with Crippen molar-refractivity contribution in [2.75, 3.05) is 33.3 Å². The van der Waals surface area contributed by atoms with E-state index in [1.807, 2.05) is 29.2 Å². The molecule has 1 aromatic rings. The van der Waals surface area contributed by atoms with Crippen molar-refractivity contribution in [3.05, 3.63) is 29.8 Å². The maximum Gasteiger partial charge on any atom is 0.242 e. The molecule has 0 N–H and O–H groups in total. The first kappa shape index (κ1) is 18.3. The number of amides is 2. The molecule has 0 radical (unpaired) electrons. The van der Waals surface area contributed by atoms with Crippen LogP contribution in [0.2, 0.25) is 0 Å². The molecule has 0 spiro atoms. The second kappa shape index (κ2) is 8.71. The van der Waals surface area contributed by atoms with Gasteiger partial charge in [0.15, 0.2) is 0 Å². The second-order valence-corrected chi connectivity index (χ2v) is 6.61. The van der Waals surface area contributed by atoms with Gasteiger partial charge in [0.05, 0.1) is 13.7 Å². The Hall–Kier alpha value is -2.04. The molecule has 2 rings (SSSR count). The van der Waals surface area contributed by atoms with E-state index in [1.165, 1.54) is 6.92 Å². The smallest absolute Gasteiger partial charge is 0.242 e. The third-order valence-corrected chi connectivity index (χ3v) is 4.71. The quantitative estimate of drug-likeness (QED) is 0.803. The Morgan fingerprint density at radius 2 is 2.00 bits per heavy atom. The van der Waals surface area contributed by atoms with Crippen LogP contribution < -0.4 is 4.74 Å². The Kier molecular flexibility index (Phi) is 6.64. The first-order valence-corrected chi connectivity index (χ1v) is 8.66. The minimum atomic E-state index is -0.0587. The Bertz CT molecular complexity index is 565. The highest BCUT2D eigenvalue weighted by atomic mass is 16.5. The summed E-state index contributed by atoms with van der Waals surface area (Å²) in [5.41, 5.74) is 1.10. The van der Waals surface area contributed by atoms with Gasteiger partial charge in [-0.25, -0.2) is 0 Å². The predicted octanol–water partition coefficient (Wildman–Crippen LogP) is 2.34. The fourth-order valence-corrected chi connectivity index (χ4v) is 2.96. The number of rotatable bonds is 6. The van der Waals surface area contributed by atoms with E-state index in [1.54, 1.807) is 12.0 Å². The van der Waals surface area contributed by atoms with E-state index < -0.39 is 0 Å². The van der Waals surface area contributed by atoms with Gasteiger partial charge in [0.1, 0.15) is 5.75 Å². The van der Waals surface area contributed by atoms with Crippen LogP contribution in [0.25, 0.3) is 0 Å². The van der Waals surface area contributed by atoms with Gasteiger partial charge in [-0.2, -0.15) is 0 Å². The van der Waals surface area contributed by atoms with Crippen molar-refractivity contribution in [1.82, 2.24) is 9.80 Å². The number of ether oxygens (including phenoxy) is 1. The van der Waals surface area contributed by atoms with Gasteiger partial charge in [0.25, 0.3) is 0 Å². The van der Waals surface area contributed by atoms with Gasteiger partial charge in [-0.05, 0) is 42.9 Å². The fourth-order valence-electron chi connectivity index (χ4n) is 2.96. The minimum absolute atomic E-state index is 0.0581. The minimum Gasteiger partial charge on any atom is -0.497 e. The number of carbonyl (C=O) groups excluding carboxylic acids is 2. The number of nitrogens with zero attached hydrogens (tertiary/aromatic N) is 2. The summed E-state index contributed by atoms with van der Waals surface area (Å²) in [7, 11) is 1.64. The van der Waals surface area contributed by atoms with Crippen molar-refractivity contribution in [3.63, 3.8) is 0 Å². The lowest BCUT2D eigenvalue weighted by Crippen LogP contribution is -2.45. The molecule has 24 heavy (non-hydrogen) atoms. The molecular formula is C19H28N2O3. The van der Waals surface area contributed by atoms with Crippen molar-refractivity contribution in [1.29, 1.82) is 0 Å². The highest BCUT2D eigenvalue weighted by Crippen LogP contribution is 2.16. The maximum absolute atomic E-state index is 12.4. The number of hydrogen-bond acceptors (Lipinski definition) is 3. The van der Waals surface area contributed by atoms with Crippen LogP contribution in [-0.2, 0) is 16.0 Å². The van der Waals surface area contributed by atoms with Crippen molar-refractivity contribution >= 4 is 11.8 Å². The first-order chi connectivity index (χ1) is 11.5. The van der Waals surface area contributed by atoms with Crippen molar-refractivity contribution < 1.29 is 14.3 Å². The molecular weight excluding hydrogens is 304 g/mol. The van der Waals surface area contributed by atoms with Crippen LogP contribution in [0.1, 0.15) is 32.3 Å². The molecule has 0 aliphatic carbocycles. The third kappa shape index (κ3) is 5.25. The monoisotopic (exact) mass is 332 g/mol. The highest BCUT2D eigenvalue weighted by Gasteiger charge is 2.22. The molecule has 0 bridgehead atoms. The van der Waals surface area contributed by atoms with Gasteiger partial charge in [0.2, 0.25) is 11.8 Å². The van der Waals surface area contributed by atoms with Crippen LogP contribution in [0.4, 0.5) is 0 Å². The van der Waals surface area contributed by atoms with Gasteiger partial charge in [-0.15, -0.1) is 0 Å². The second-order valence-electron chi connectivity index (χ2n) is 6.61. The number of piperidine rings is 1. The zero-order chi connectivity index (χ0) is 17.5. The van der Waals surface area contributed by atoms with E-state index in [2.05, 4.69) is 6.92 Å². The largest absolute Gasteiger partial charge is 0.497 e. The molecule has 0 atom stereocenters. The fraction of sp³-hybridized carbons (Fsp3) is 0.579. The Balaban J connectivity index is 1.89. The summed E-state index contributed by atoms with van der Waals surface area (Å²) in [5.74, 6) is 1.49. The SMILES string of the molecule is COc1cccc(CCN(CC(=O)N2CCC(C)CC2)C(C)=O)c1.